The standard InChI is InChI=1S/C20H22F3NO3S/c21-20(22,23)17-6-4-5-16(13-17)14-19(15-25)9-11-24(12-10-19)28(26,27)18-7-2-1-3-8-18/h1-8,13,25H,9-12,14-15H2. The lowest BCUT2D eigenvalue weighted by molar-refractivity contribution is -0.137. The van der Waals surface area contributed by atoms with Crippen LogP contribution in [0.25, 0.3) is 0 Å². The number of sulfonamides is 1. The van der Waals surface area contributed by atoms with Gasteiger partial charge in [-0.1, -0.05) is 36.4 Å². The van der Waals surface area contributed by atoms with Crippen molar-refractivity contribution in [2.75, 3.05) is 19.7 Å². The van der Waals surface area contributed by atoms with Gasteiger partial charge in [-0.05, 0) is 48.4 Å². The first-order valence-electron chi connectivity index (χ1n) is 8.99. The number of rotatable bonds is 5. The second-order valence-corrected chi connectivity index (χ2v) is 9.19. The number of halogens is 3. The number of aliphatic hydroxyl groups is 1. The molecule has 1 fully saturated rings. The summed E-state index contributed by atoms with van der Waals surface area (Å²) in [4.78, 5) is 0.212. The van der Waals surface area contributed by atoms with Gasteiger partial charge in [-0.3, -0.25) is 0 Å². The number of piperidine rings is 1. The first-order valence-corrected chi connectivity index (χ1v) is 10.4. The Kier molecular flexibility index (Phi) is 5.84. The number of aliphatic hydroxyl groups excluding tert-OH is 1. The van der Waals surface area contributed by atoms with Crippen molar-refractivity contribution < 1.29 is 26.7 Å². The molecule has 4 nitrogen and oxygen atoms in total. The number of nitrogens with zero attached hydrogens (tertiary/aromatic N) is 1. The van der Waals surface area contributed by atoms with Crippen LogP contribution in [0.3, 0.4) is 0 Å². The van der Waals surface area contributed by atoms with Crippen LogP contribution in [-0.4, -0.2) is 37.5 Å². The van der Waals surface area contributed by atoms with Gasteiger partial charge in [-0.25, -0.2) is 8.42 Å². The van der Waals surface area contributed by atoms with Crippen LogP contribution in [0.2, 0.25) is 0 Å². The van der Waals surface area contributed by atoms with Crippen LogP contribution in [0.5, 0.6) is 0 Å². The second kappa shape index (κ2) is 7.85. The van der Waals surface area contributed by atoms with Gasteiger partial charge in [-0.2, -0.15) is 17.5 Å². The third-order valence-corrected chi connectivity index (χ3v) is 7.25. The predicted octanol–water partition coefficient (Wildman–Crippen LogP) is 3.71. The lowest BCUT2D eigenvalue weighted by atomic mass is 9.75. The normalized spacial score (nSPS) is 18.1. The molecule has 0 spiro atoms. The quantitative estimate of drug-likeness (QED) is 0.813. The Hall–Kier alpha value is -1.90. The zero-order valence-corrected chi connectivity index (χ0v) is 16.0. The van der Waals surface area contributed by atoms with E-state index in [1.54, 1.807) is 24.3 Å². The smallest absolute Gasteiger partial charge is 0.396 e. The molecule has 1 aliphatic rings. The minimum atomic E-state index is -4.42. The highest BCUT2D eigenvalue weighted by Gasteiger charge is 2.39. The molecule has 0 aliphatic carbocycles. The Morgan fingerprint density at radius 1 is 1.00 bits per heavy atom. The van der Waals surface area contributed by atoms with Gasteiger partial charge in [0, 0.05) is 19.7 Å². The van der Waals surface area contributed by atoms with E-state index in [0.717, 1.165) is 12.1 Å². The largest absolute Gasteiger partial charge is 0.416 e. The van der Waals surface area contributed by atoms with Crippen LogP contribution >= 0.6 is 0 Å². The summed E-state index contributed by atoms with van der Waals surface area (Å²) in [5.41, 5.74) is -0.863. The molecule has 0 unspecified atom stereocenters. The van der Waals surface area contributed by atoms with E-state index < -0.39 is 27.2 Å². The minimum absolute atomic E-state index is 0.206. The first kappa shape index (κ1) is 20.8. The molecule has 0 atom stereocenters. The molecular formula is C20H22F3NO3S. The molecule has 0 radical (unpaired) electrons. The Morgan fingerprint density at radius 2 is 1.64 bits per heavy atom. The molecule has 1 aliphatic heterocycles. The topological polar surface area (TPSA) is 57.6 Å². The van der Waals surface area contributed by atoms with E-state index in [2.05, 4.69) is 0 Å². The van der Waals surface area contributed by atoms with Crippen LogP contribution in [0.4, 0.5) is 13.2 Å². The van der Waals surface area contributed by atoms with E-state index in [4.69, 9.17) is 0 Å². The molecule has 0 amide bonds. The van der Waals surface area contributed by atoms with E-state index in [0.29, 0.717) is 18.4 Å². The third kappa shape index (κ3) is 4.39. The maximum atomic E-state index is 12.9. The van der Waals surface area contributed by atoms with Crippen molar-refractivity contribution in [3.8, 4) is 0 Å². The SMILES string of the molecule is O=S(=O)(c1ccccc1)N1CCC(CO)(Cc2cccc(C(F)(F)F)c2)CC1. The molecule has 1 saturated heterocycles. The molecule has 0 aromatic heterocycles. The van der Waals surface area contributed by atoms with Gasteiger partial charge < -0.3 is 5.11 Å². The van der Waals surface area contributed by atoms with Gasteiger partial charge in [0.15, 0.2) is 0 Å². The van der Waals surface area contributed by atoms with Crippen molar-refractivity contribution in [2.45, 2.75) is 30.3 Å². The van der Waals surface area contributed by atoms with Crippen LogP contribution < -0.4 is 0 Å². The zero-order chi connectivity index (χ0) is 20.4. The molecule has 2 aromatic carbocycles. The van der Waals surface area contributed by atoms with E-state index >= 15 is 0 Å². The number of hydrogen-bond acceptors (Lipinski definition) is 3. The van der Waals surface area contributed by atoms with Gasteiger partial charge in [0.2, 0.25) is 10.0 Å². The highest BCUT2D eigenvalue weighted by atomic mass is 32.2. The summed E-state index contributed by atoms with van der Waals surface area (Å²) in [6.07, 6.45) is -3.39. The van der Waals surface area contributed by atoms with Crippen LogP contribution in [0.1, 0.15) is 24.0 Å². The first-order chi connectivity index (χ1) is 13.2. The van der Waals surface area contributed by atoms with Crippen molar-refractivity contribution in [2.24, 2.45) is 5.41 Å². The fourth-order valence-electron chi connectivity index (χ4n) is 3.62. The van der Waals surface area contributed by atoms with Gasteiger partial charge in [-0.15, -0.1) is 0 Å². The molecule has 0 saturated carbocycles. The Labute approximate surface area is 162 Å². The van der Waals surface area contributed by atoms with Gasteiger partial charge in [0.25, 0.3) is 0 Å². The molecule has 1 N–H and O–H groups in total. The summed E-state index contributed by atoms with van der Waals surface area (Å²) in [6, 6.07) is 13.2. The minimum Gasteiger partial charge on any atom is -0.396 e. The van der Waals surface area contributed by atoms with Crippen LogP contribution in [-0.2, 0) is 22.6 Å². The summed E-state index contributed by atoms with van der Waals surface area (Å²) in [5, 5.41) is 9.95. The van der Waals surface area contributed by atoms with E-state index in [1.165, 1.54) is 22.5 Å². The van der Waals surface area contributed by atoms with E-state index in [-0.39, 0.29) is 31.0 Å². The second-order valence-electron chi connectivity index (χ2n) is 7.25. The van der Waals surface area contributed by atoms with Gasteiger partial charge in [0.1, 0.15) is 0 Å². The van der Waals surface area contributed by atoms with Crippen molar-refractivity contribution in [3.05, 3.63) is 65.7 Å². The summed E-state index contributed by atoms with van der Waals surface area (Å²) >= 11 is 0. The summed E-state index contributed by atoms with van der Waals surface area (Å²) in [7, 11) is -3.62. The molecule has 152 valence electrons. The average Bonchev–Trinajstić information content (AvgIpc) is 2.68. The fraction of sp³-hybridized carbons (Fsp3) is 0.400. The highest BCUT2D eigenvalue weighted by Crippen LogP contribution is 2.38. The van der Waals surface area contributed by atoms with E-state index in [9.17, 15) is 26.7 Å². The van der Waals surface area contributed by atoms with Crippen molar-refractivity contribution in [1.29, 1.82) is 0 Å². The Bertz CT molecular complexity index is 906. The number of alkyl halides is 3. The van der Waals surface area contributed by atoms with Crippen molar-refractivity contribution in [3.63, 3.8) is 0 Å². The van der Waals surface area contributed by atoms with E-state index in [1.807, 2.05) is 0 Å². The summed E-state index contributed by atoms with van der Waals surface area (Å²) in [6.45, 7) is 0.232. The third-order valence-electron chi connectivity index (χ3n) is 5.33. The molecule has 2 aromatic rings. The van der Waals surface area contributed by atoms with Gasteiger partial charge in [0.05, 0.1) is 10.5 Å². The number of benzene rings is 2. The monoisotopic (exact) mass is 413 g/mol. The number of hydrogen-bond donors (Lipinski definition) is 1. The maximum Gasteiger partial charge on any atom is 0.416 e. The molecule has 8 heteroatoms. The van der Waals surface area contributed by atoms with Crippen LogP contribution in [0, 0.1) is 5.41 Å². The maximum absolute atomic E-state index is 12.9. The lowest BCUT2D eigenvalue weighted by Crippen LogP contribution is -2.45. The summed E-state index contributed by atoms with van der Waals surface area (Å²) < 4.78 is 65.7. The predicted molar refractivity (Wildman–Crippen MR) is 99.1 cm³/mol. The van der Waals surface area contributed by atoms with Crippen LogP contribution in [0.15, 0.2) is 59.5 Å². The Balaban J connectivity index is 1.74. The fourth-order valence-corrected chi connectivity index (χ4v) is 5.09. The van der Waals surface area contributed by atoms with Gasteiger partial charge >= 0.3 is 6.18 Å². The molecule has 1 heterocycles. The summed E-state index contributed by atoms with van der Waals surface area (Å²) in [5.74, 6) is 0. The molecule has 0 bridgehead atoms. The van der Waals surface area contributed by atoms with Crippen molar-refractivity contribution in [1.82, 2.24) is 4.31 Å². The van der Waals surface area contributed by atoms with Crippen molar-refractivity contribution >= 4 is 10.0 Å². The molecule has 28 heavy (non-hydrogen) atoms. The average molecular weight is 413 g/mol. The Morgan fingerprint density at radius 3 is 2.21 bits per heavy atom. The lowest BCUT2D eigenvalue weighted by Gasteiger charge is -2.40. The highest BCUT2D eigenvalue weighted by molar-refractivity contribution is 7.89. The zero-order valence-electron chi connectivity index (χ0n) is 15.2. The molecule has 3 rings (SSSR count). The molecular weight excluding hydrogens is 391 g/mol.